The first-order chi connectivity index (χ1) is 15.6. The standard InChI is InChI=1S/C23H16Cl3N5S/c24-16-7-3-6-14(11-16)20-13-32-23-29-28-21(31(23)30-20)12-15-5-1-2-10-19(15)27-22-17(25)8-4-9-18(22)26/h1-11,27H,12-13H2. The van der Waals surface area contributed by atoms with Gasteiger partial charge < -0.3 is 5.32 Å². The Kier molecular flexibility index (Phi) is 6.11. The summed E-state index contributed by atoms with van der Waals surface area (Å²) in [5.41, 5.74) is 4.51. The van der Waals surface area contributed by atoms with Gasteiger partial charge in [0.1, 0.15) is 0 Å². The number of nitrogens with zero attached hydrogens (tertiary/aromatic N) is 4. The van der Waals surface area contributed by atoms with E-state index in [0.717, 1.165) is 33.5 Å². The number of benzene rings is 3. The summed E-state index contributed by atoms with van der Waals surface area (Å²) in [5.74, 6) is 1.45. The fraction of sp³-hybridized carbons (Fsp3) is 0.0870. The number of anilines is 2. The molecular weight excluding hydrogens is 485 g/mol. The first kappa shape index (κ1) is 21.3. The van der Waals surface area contributed by atoms with E-state index in [0.29, 0.717) is 32.9 Å². The summed E-state index contributed by atoms with van der Waals surface area (Å²) in [4.78, 5) is 0. The molecule has 1 aliphatic heterocycles. The second-order valence-electron chi connectivity index (χ2n) is 7.11. The van der Waals surface area contributed by atoms with Crippen molar-refractivity contribution in [3.05, 3.63) is 98.7 Å². The Labute approximate surface area is 204 Å². The number of hydrogen-bond donors (Lipinski definition) is 1. The van der Waals surface area contributed by atoms with Gasteiger partial charge in [0.25, 0.3) is 0 Å². The third kappa shape index (κ3) is 4.36. The predicted octanol–water partition coefficient (Wildman–Crippen LogP) is 6.93. The third-order valence-electron chi connectivity index (χ3n) is 4.98. The highest BCUT2D eigenvalue weighted by molar-refractivity contribution is 7.99. The Morgan fingerprint density at radius 3 is 2.50 bits per heavy atom. The third-order valence-corrected chi connectivity index (χ3v) is 6.78. The fourth-order valence-corrected chi connectivity index (χ4v) is 4.95. The molecule has 4 aromatic rings. The smallest absolute Gasteiger partial charge is 0.212 e. The quantitative estimate of drug-likeness (QED) is 0.323. The van der Waals surface area contributed by atoms with Crippen molar-refractivity contribution < 1.29 is 0 Å². The van der Waals surface area contributed by atoms with Gasteiger partial charge >= 0.3 is 0 Å². The van der Waals surface area contributed by atoms with Crippen molar-refractivity contribution in [2.75, 3.05) is 11.1 Å². The van der Waals surface area contributed by atoms with Crippen LogP contribution in [0, 0.1) is 0 Å². The monoisotopic (exact) mass is 499 g/mol. The minimum absolute atomic E-state index is 0.533. The molecule has 0 bridgehead atoms. The highest BCUT2D eigenvalue weighted by atomic mass is 35.5. The minimum Gasteiger partial charge on any atom is -0.353 e. The minimum atomic E-state index is 0.533. The average molecular weight is 501 g/mol. The van der Waals surface area contributed by atoms with E-state index in [2.05, 4.69) is 15.5 Å². The van der Waals surface area contributed by atoms with Gasteiger partial charge in [-0.3, -0.25) is 0 Å². The molecule has 0 unspecified atom stereocenters. The van der Waals surface area contributed by atoms with Crippen LogP contribution in [-0.2, 0) is 6.42 Å². The van der Waals surface area contributed by atoms with E-state index in [1.165, 1.54) is 0 Å². The van der Waals surface area contributed by atoms with Crippen LogP contribution >= 0.6 is 46.6 Å². The molecule has 9 heteroatoms. The lowest BCUT2D eigenvalue weighted by molar-refractivity contribution is 0.720. The first-order valence-corrected chi connectivity index (χ1v) is 11.9. The van der Waals surface area contributed by atoms with Crippen molar-refractivity contribution >= 4 is 63.7 Å². The SMILES string of the molecule is Clc1cccc(C2=Nn3c(Cc4ccccc4Nc4c(Cl)cccc4Cl)nnc3SC2)c1. The van der Waals surface area contributed by atoms with Crippen LogP contribution in [0.5, 0.6) is 0 Å². The molecule has 5 nitrogen and oxygen atoms in total. The van der Waals surface area contributed by atoms with Crippen LogP contribution in [0.2, 0.25) is 15.1 Å². The molecule has 0 spiro atoms. The number of rotatable bonds is 5. The van der Waals surface area contributed by atoms with E-state index >= 15 is 0 Å². The van der Waals surface area contributed by atoms with Gasteiger partial charge in [-0.15, -0.1) is 10.2 Å². The lowest BCUT2D eigenvalue weighted by atomic mass is 10.1. The second-order valence-corrected chi connectivity index (χ2v) is 9.31. The van der Waals surface area contributed by atoms with Gasteiger partial charge in [-0.05, 0) is 35.9 Å². The average Bonchev–Trinajstić information content (AvgIpc) is 3.19. The maximum absolute atomic E-state index is 6.35. The van der Waals surface area contributed by atoms with Gasteiger partial charge in [0.05, 0.1) is 21.4 Å². The first-order valence-electron chi connectivity index (χ1n) is 9.78. The molecule has 160 valence electrons. The summed E-state index contributed by atoms with van der Waals surface area (Å²) in [6.45, 7) is 0. The van der Waals surface area contributed by atoms with Crippen molar-refractivity contribution in [1.82, 2.24) is 14.9 Å². The van der Waals surface area contributed by atoms with Gasteiger partial charge in [-0.2, -0.15) is 9.78 Å². The van der Waals surface area contributed by atoms with Crippen LogP contribution in [0.3, 0.4) is 0 Å². The summed E-state index contributed by atoms with van der Waals surface area (Å²) >= 11 is 20.5. The van der Waals surface area contributed by atoms with Gasteiger partial charge in [0.2, 0.25) is 5.16 Å². The number of hydrogen-bond acceptors (Lipinski definition) is 5. The maximum atomic E-state index is 6.35. The van der Waals surface area contributed by atoms with E-state index in [1.807, 2.05) is 59.3 Å². The van der Waals surface area contributed by atoms with Crippen LogP contribution in [0.1, 0.15) is 17.0 Å². The predicted molar refractivity (Wildman–Crippen MR) is 133 cm³/mol. The Morgan fingerprint density at radius 1 is 0.906 bits per heavy atom. The fourth-order valence-electron chi connectivity index (χ4n) is 3.41. The summed E-state index contributed by atoms with van der Waals surface area (Å²) in [6, 6.07) is 21.1. The molecule has 0 atom stereocenters. The molecule has 0 saturated heterocycles. The summed E-state index contributed by atoms with van der Waals surface area (Å²) in [6.07, 6.45) is 0.533. The normalized spacial score (nSPS) is 12.9. The number of aromatic nitrogens is 3. The largest absolute Gasteiger partial charge is 0.353 e. The van der Waals surface area contributed by atoms with E-state index in [9.17, 15) is 0 Å². The number of thioether (sulfide) groups is 1. The highest BCUT2D eigenvalue weighted by Gasteiger charge is 2.21. The molecule has 32 heavy (non-hydrogen) atoms. The van der Waals surface area contributed by atoms with Crippen molar-refractivity contribution in [2.24, 2.45) is 5.10 Å². The van der Waals surface area contributed by atoms with Crippen molar-refractivity contribution in [3.8, 4) is 0 Å². The van der Waals surface area contributed by atoms with E-state index in [-0.39, 0.29) is 0 Å². The molecule has 1 N–H and O–H groups in total. The van der Waals surface area contributed by atoms with Crippen molar-refractivity contribution in [3.63, 3.8) is 0 Å². The van der Waals surface area contributed by atoms with Gasteiger partial charge in [0, 0.05) is 28.4 Å². The van der Waals surface area contributed by atoms with Gasteiger partial charge in [-0.25, -0.2) is 0 Å². The second kappa shape index (κ2) is 9.16. The Hall–Kier alpha value is -2.51. The van der Waals surface area contributed by atoms with Crippen LogP contribution in [0.15, 0.2) is 77.0 Å². The van der Waals surface area contributed by atoms with Crippen LogP contribution in [0.25, 0.3) is 0 Å². The zero-order valence-corrected chi connectivity index (χ0v) is 19.7. The lowest BCUT2D eigenvalue weighted by Gasteiger charge is -2.16. The Morgan fingerprint density at radius 2 is 1.69 bits per heavy atom. The zero-order valence-electron chi connectivity index (χ0n) is 16.6. The van der Waals surface area contributed by atoms with E-state index in [4.69, 9.17) is 39.9 Å². The molecule has 0 fully saturated rings. The molecule has 1 aliphatic rings. The maximum Gasteiger partial charge on any atom is 0.212 e. The summed E-state index contributed by atoms with van der Waals surface area (Å²) < 4.78 is 1.81. The van der Waals surface area contributed by atoms with Crippen LogP contribution in [0.4, 0.5) is 11.4 Å². The van der Waals surface area contributed by atoms with E-state index < -0.39 is 0 Å². The number of fused-ring (bicyclic) bond motifs is 1. The number of halogens is 3. The number of para-hydroxylation sites is 2. The molecule has 0 aliphatic carbocycles. The highest BCUT2D eigenvalue weighted by Crippen LogP contribution is 2.34. The lowest BCUT2D eigenvalue weighted by Crippen LogP contribution is -2.15. The molecule has 0 amide bonds. The molecule has 1 aromatic heterocycles. The molecule has 3 aromatic carbocycles. The summed E-state index contributed by atoms with van der Waals surface area (Å²) in [5, 5.41) is 19.5. The molecule has 0 radical (unpaired) electrons. The molecular formula is C23H16Cl3N5S. The Bertz CT molecular complexity index is 1310. The number of nitrogens with one attached hydrogen (secondary N) is 1. The van der Waals surface area contributed by atoms with Gasteiger partial charge in [-0.1, -0.05) is 83.0 Å². The van der Waals surface area contributed by atoms with Crippen molar-refractivity contribution in [2.45, 2.75) is 11.6 Å². The van der Waals surface area contributed by atoms with Crippen LogP contribution in [-0.4, -0.2) is 26.3 Å². The molecule has 0 saturated carbocycles. The zero-order chi connectivity index (χ0) is 22.1. The van der Waals surface area contributed by atoms with E-state index in [1.54, 1.807) is 23.9 Å². The van der Waals surface area contributed by atoms with Crippen LogP contribution < -0.4 is 5.32 Å². The topological polar surface area (TPSA) is 55.1 Å². The summed E-state index contributed by atoms with van der Waals surface area (Å²) in [7, 11) is 0. The Balaban J connectivity index is 1.47. The van der Waals surface area contributed by atoms with Gasteiger partial charge in [0.15, 0.2) is 5.82 Å². The van der Waals surface area contributed by atoms with Crippen molar-refractivity contribution in [1.29, 1.82) is 0 Å². The molecule has 2 heterocycles. The molecule has 5 rings (SSSR count).